The van der Waals surface area contributed by atoms with Gasteiger partial charge in [-0.1, -0.05) is 28.9 Å². The molecule has 3 rings (SSSR count). The number of sulfonamides is 1. The van der Waals surface area contributed by atoms with E-state index in [4.69, 9.17) is 20.9 Å². The quantitative estimate of drug-likeness (QED) is 0.673. The molecule has 6 nitrogen and oxygen atoms in total. The van der Waals surface area contributed by atoms with E-state index in [0.29, 0.717) is 21.0 Å². The zero-order chi connectivity index (χ0) is 17.2. The molecule has 0 fully saturated rings. The molecule has 0 bridgehead atoms. The van der Waals surface area contributed by atoms with Gasteiger partial charge in [-0.15, -0.1) is 11.3 Å². The molecule has 1 N–H and O–H groups in total. The molecule has 0 saturated carbocycles. The molecule has 0 saturated heterocycles. The molecular formula is C15H15ClN2O4S2. The zero-order valence-electron chi connectivity index (χ0n) is 12.7. The number of rotatable bonds is 7. The fourth-order valence-corrected chi connectivity index (χ4v) is 4.49. The lowest BCUT2D eigenvalue weighted by molar-refractivity contribution is 0.110. The molecule has 9 heteroatoms. The van der Waals surface area contributed by atoms with E-state index in [1.54, 1.807) is 24.3 Å². The Labute approximate surface area is 148 Å². The Bertz CT molecular complexity index is 936. The summed E-state index contributed by atoms with van der Waals surface area (Å²) in [4.78, 5) is 0.858. The number of ether oxygens (including phenoxy) is 1. The lowest BCUT2D eigenvalue weighted by Crippen LogP contribution is -2.30. The van der Waals surface area contributed by atoms with E-state index in [-0.39, 0.29) is 12.3 Å². The molecule has 1 aromatic carbocycles. The van der Waals surface area contributed by atoms with Crippen LogP contribution in [0, 0.1) is 0 Å². The van der Waals surface area contributed by atoms with Crippen molar-refractivity contribution < 1.29 is 17.7 Å². The Balaban J connectivity index is 1.69. The van der Waals surface area contributed by atoms with Gasteiger partial charge < -0.3 is 9.26 Å². The molecule has 0 aliphatic rings. The molecule has 0 amide bonds. The fourth-order valence-electron chi connectivity index (χ4n) is 2.28. The summed E-state index contributed by atoms with van der Waals surface area (Å²) in [6.07, 6.45) is -0.397. The number of methoxy groups -OCH3 is 1. The van der Waals surface area contributed by atoms with E-state index in [2.05, 4.69) is 9.88 Å². The molecule has 2 heterocycles. The first-order valence-corrected chi connectivity index (χ1v) is 9.92. The maximum atomic E-state index is 12.3. The Hall–Kier alpha value is -1.45. The summed E-state index contributed by atoms with van der Waals surface area (Å²) < 4.78 is 38.3. The standard InChI is InChI=1S/C15H15ClN2O4S2/c1-21-13(14-6-7-15(16)23-14)8-17-24(19,20)9-11-10-4-2-3-5-12(10)22-18-11/h2-7,13,17H,8-9H2,1H3/t13-/m1/s1. The highest BCUT2D eigenvalue weighted by Crippen LogP contribution is 2.28. The van der Waals surface area contributed by atoms with Crippen LogP contribution in [0.3, 0.4) is 0 Å². The largest absolute Gasteiger partial charge is 0.375 e. The van der Waals surface area contributed by atoms with Crippen molar-refractivity contribution in [3.63, 3.8) is 0 Å². The third kappa shape index (κ3) is 3.96. The van der Waals surface area contributed by atoms with Crippen LogP contribution in [0.15, 0.2) is 40.9 Å². The van der Waals surface area contributed by atoms with Crippen LogP contribution in [0.4, 0.5) is 0 Å². The van der Waals surface area contributed by atoms with Gasteiger partial charge in [0.25, 0.3) is 0 Å². The third-order valence-electron chi connectivity index (χ3n) is 3.46. The number of hydrogen-bond donors (Lipinski definition) is 1. The summed E-state index contributed by atoms with van der Waals surface area (Å²) in [6.45, 7) is 0.117. The summed E-state index contributed by atoms with van der Waals surface area (Å²) in [5, 5.41) is 4.54. The van der Waals surface area contributed by atoms with Gasteiger partial charge in [-0.25, -0.2) is 13.1 Å². The van der Waals surface area contributed by atoms with E-state index in [9.17, 15) is 8.42 Å². The van der Waals surface area contributed by atoms with Crippen molar-refractivity contribution in [3.05, 3.63) is 51.3 Å². The summed E-state index contributed by atoms with van der Waals surface area (Å²) in [7, 11) is -2.06. The number of hydrogen-bond acceptors (Lipinski definition) is 6. The first kappa shape index (κ1) is 17.4. The van der Waals surface area contributed by atoms with Gasteiger partial charge in [-0.3, -0.25) is 0 Å². The van der Waals surface area contributed by atoms with Crippen molar-refractivity contribution in [2.75, 3.05) is 13.7 Å². The van der Waals surface area contributed by atoms with Crippen molar-refractivity contribution in [1.29, 1.82) is 0 Å². The van der Waals surface area contributed by atoms with Gasteiger partial charge in [0, 0.05) is 23.9 Å². The number of thiophene rings is 1. The van der Waals surface area contributed by atoms with Crippen molar-refractivity contribution in [1.82, 2.24) is 9.88 Å². The number of aromatic nitrogens is 1. The number of benzene rings is 1. The summed E-state index contributed by atoms with van der Waals surface area (Å²) in [5.74, 6) is -0.258. The van der Waals surface area contributed by atoms with Crippen LogP contribution in [-0.4, -0.2) is 27.2 Å². The molecule has 1 atom stereocenters. The molecule has 0 aliphatic heterocycles. The van der Waals surface area contributed by atoms with Crippen LogP contribution in [-0.2, 0) is 20.5 Å². The summed E-state index contributed by atoms with van der Waals surface area (Å²) in [5.41, 5.74) is 0.942. The van der Waals surface area contributed by atoms with Crippen molar-refractivity contribution in [2.45, 2.75) is 11.9 Å². The maximum absolute atomic E-state index is 12.3. The Kier molecular flexibility index (Phi) is 5.21. The second-order valence-electron chi connectivity index (χ2n) is 5.10. The van der Waals surface area contributed by atoms with Gasteiger partial charge in [-0.05, 0) is 24.3 Å². The van der Waals surface area contributed by atoms with Crippen LogP contribution in [0.1, 0.15) is 16.7 Å². The number of nitrogens with one attached hydrogen (secondary N) is 1. The second kappa shape index (κ2) is 7.20. The first-order valence-electron chi connectivity index (χ1n) is 7.07. The molecule has 128 valence electrons. The molecule has 2 aromatic heterocycles. The molecular weight excluding hydrogens is 372 g/mol. The topological polar surface area (TPSA) is 81.4 Å². The van der Waals surface area contributed by atoms with E-state index in [1.807, 2.05) is 12.1 Å². The SMILES string of the molecule is CO[C@H](CNS(=O)(=O)Cc1noc2ccccc12)c1ccc(Cl)s1. The van der Waals surface area contributed by atoms with E-state index in [1.165, 1.54) is 18.4 Å². The summed E-state index contributed by atoms with van der Waals surface area (Å²) in [6, 6.07) is 10.7. The molecule has 0 spiro atoms. The second-order valence-corrected chi connectivity index (χ2v) is 8.65. The Morgan fingerprint density at radius 3 is 2.83 bits per heavy atom. The minimum Gasteiger partial charge on any atom is -0.375 e. The summed E-state index contributed by atoms with van der Waals surface area (Å²) >= 11 is 7.26. The number of nitrogens with zero attached hydrogens (tertiary/aromatic N) is 1. The third-order valence-corrected chi connectivity index (χ3v) is 6.05. The minimum absolute atomic E-state index is 0.117. The maximum Gasteiger partial charge on any atom is 0.217 e. The number of para-hydroxylation sites is 1. The smallest absolute Gasteiger partial charge is 0.217 e. The fraction of sp³-hybridized carbons (Fsp3) is 0.267. The van der Waals surface area contributed by atoms with E-state index in [0.717, 1.165) is 4.88 Å². The Morgan fingerprint density at radius 1 is 1.33 bits per heavy atom. The van der Waals surface area contributed by atoms with Crippen LogP contribution in [0.25, 0.3) is 11.0 Å². The van der Waals surface area contributed by atoms with Crippen LogP contribution in [0.2, 0.25) is 4.34 Å². The monoisotopic (exact) mass is 386 g/mol. The van der Waals surface area contributed by atoms with Crippen molar-refractivity contribution in [3.8, 4) is 0 Å². The van der Waals surface area contributed by atoms with E-state index < -0.39 is 16.1 Å². The van der Waals surface area contributed by atoms with Gasteiger partial charge in [0.15, 0.2) is 5.58 Å². The van der Waals surface area contributed by atoms with Gasteiger partial charge in [-0.2, -0.15) is 0 Å². The van der Waals surface area contributed by atoms with Crippen molar-refractivity contribution in [2.24, 2.45) is 0 Å². The highest BCUT2D eigenvalue weighted by Gasteiger charge is 2.20. The van der Waals surface area contributed by atoms with Gasteiger partial charge in [0.2, 0.25) is 10.0 Å². The molecule has 0 aliphatic carbocycles. The average Bonchev–Trinajstić information content (AvgIpc) is 3.15. The highest BCUT2D eigenvalue weighted by atomic mass is 35.5. The number of halogens is 1. The molecule has 0 unspecified atom stereocenters. The normalized spacial score (nSPS) is 13.4. The predicted molar refractivity (Wildman–Crippen MR) is 93.7 cm³/mol. The van der Waals surface area contributed by atoms with Crippen LogP contribution in [0.5, 0.6) is 0 Å². The number of fused-ring (bicyclic) bond motifs is 1. The molecule has 3 aromatic rings. The molecule has 0 radical (unpaired) electrons. The average molecular weight is 387 g/mol. The minimum atomic E-state index is -3.58. The van der Waals surface area contributed by atoms with Crippen LogP contribution < -0.4 is 4.72 Å². The first-order chi connectivity index (χ1) is 11.5. The molecule has 24 heavy (non-hydrogen) atoms. The lowest BCUT2D eigenvalue weighted by atomic mass is 10.2. The van der Waals surface area contributed by atoms with E-state index >= 15 is 0 Å². The van der Waals surface area contributed by atoms with Gasteiger partial charge in [0.05, 0.1) is 4.34 Å². The van der Waals surface area contributed by atoms with Crippen LogP contribution >= 0.6 is 22.9 Å². The lowest BCUT2D eigenvalue weighted by Gasteiger charge is -2.14. The van der Waals surface area contributed by atoms with Gasteiger partial charge >= 0.3 is 0 Å². The zero-order valence-corrected chi connectivity index (χ0v) is 15.1. The Morgan fingerprint density at radius 2 is 2.12 bits per heavy atom. The predicted octanol–water partition coefficient (Wildman–Crippen LogP) is 3.35. The van der Waals surface area contributed by atoms with Crippen molar-refractivity contribution >= 4 is 43.9 Å². The highest BCUT2D eigenvalue weighted by molar-refractivity contribution is 7.88. The van der Waals surface area contributed by atoms with Gasteiger partial charge in [0.1, 0.15) is 17.6 Å².